The van der Waals surface area contributed by atoms with Gasteiger partial charge in [-0.05, 0) is 41.6 Å². The lowest BCUT2D eigenvalue weighted by molar-refractivity contribution is 0.0776. The fraction of sp³-hybridized carbons (Fsp3) is 0.533. The van der Waals surface area contributed by atoms with Crippen molar-refractivity contribution in [3.05, 3.63) is 33.9 Å². The zero-order valence-electron chi connectivity index (χ0n) is 12.2. The third kappa shape index (κ3) is 2.37. The van der Waals surface area contributed by atoms with Crippen LogP contribution in [-0.4, -0.2) is 38.8 Å². The Morgan fingerprint density at radius 2 is 2.23 bits per heavy atom. The molecule has 0 bridgehead atoms. The topological polar surface area (TPSA) is 64.2 Å². The first-order valence-corrected chi connectivity index (χ1v) is 8.48. The molecule has 7 heteroatoms. The number of halogens is 1. The van der Waals surface area contributed by atoms with Gasteiger partial charge >= 0.3 is 0 Å². The van der Waals surface area contributed by atoms with Gasteiger partial charge in [-0.15, -0.1) is 0 Å². The largest absolute Gasteiger partial charge is 0.360 e. The minimum absolute atomic E-state index is 0.000576. The highest BCUT2D eigenvalue weighted by atomic mass is 79.9. The van der Waals surface area contributed by atoms with E-state index in [4.69, 9.17) is 4.52 Å². The van der Waals surface area contributed by atoms with Crippen LogP contribution in [0.15, 0.2) is 21.4 Å². The standard InChI is InChI=1S/C15H17BrN4O2/c16-10-7-17-20(8-10)11-5-6-19(9-11)15(21)14-12-3-1-2-4-13(12)22-18-14/h7-8,11H,1-6,9H2. The van der Waals surface area contributed by atoms with Crippen LogP contribution in [0.4, 0.5) is 0 Å². The van der Waals surface area contributed by atoms with E-state index < -0.39 is 0 Å². The number of nitrogens with zero attached hydrogens (tertiary/aromatic N) is 4. The van der Waals surface area contributed by atoms with E-state index in [1.165, 1.54) is 0 Å². The van der Waals surface area contributed by atoms with Gasteiger partial charge in [0.1, 0.15) is 5.76 Å². The number of likely N-dealkylation sites (tertiary alicyclic amines) is 1. The maximum Gasteiger partial charge on any atom is 0.276 e. The van der Waals surface area contributed by atoms with Gasteiger partial charge in [-0.3, -0.25) is 9.48 Å². The molecule has 1 amide bonds. The van der Waals surface area contributed by atoms with E-state index >= 15 is 0 Å². The summed E-state index contributed by atoms with van der Waals surface area (Å²) in [7, 11) is 0. The van der Waals surface area contributed by atoms with E-state index in [1.54, 1.807) is 6.20 Å². The average Bonchev–Trinajstić information content (AvgIpc) is 3.25. The van der Waals surface area contributed by atoms with E-state index in [1.807, 2.05) is 15.8 Å². The molecule has 2 aliphatic rings. The Kier molecular flexibility index (Phi) is 3.52. The van der Waals surface area contributed by atoms with Gasteiger partial charge in [0.25, 0.3) is 5.91 Å². The Hall–Kier alpha value is -1.63. The Morgan fingerprint density at radius 3 is 3.05 bits per heavy atom. The zero-order valence-corrected chi connectivity index (χ0v) is 13.8. The predicted octanol–water partition coefficient (Wildman–Crippen LogP) is 2.60. The van der Waals surface area contributed by atoms with Crippen LogP contribution in [0.3, 0.4) is 0 Å². The smallest absolute Gasteiger partial charge is 0.276 e. The Morgan fingerprint density at radius 1 is 1.36 bits per heavy atom. The van der Waals surface area contributed by atoms with Gasteiger partial charge in [0.05, 0.1) is 16.7 Å². The summed E-state index contributed by atoms with van der Waals surface area (Å²) >= 11 is 3.41. The van der Waals surface area contributed by atoms with Crippen molar-refractivity contribution in [1.29, 1.82) is 0 Å². The number of aryl methyl sites for hydroxylation is 1. The maximum atomic E-state index is 12.7. The first-order chi connectivity index (χ1) is 10.7. The monoisotopic (exact) mass is 364 g/mol. The minimum atomic E-state index is 0.000576. The van der Waals surface area contributed by atoms with Crippen LogP contribution >= 0.6 is 15.9 Å². The summed E-state index contributed by atoms with van der Waals surface area (Å²) in [5.74, 6) is 0.905. The van der Waals surface area contributed by atoms with Crippen LogP contribution in [0.25, 0.3) is 0 Å². The zero-order chi connectivity index (χ0) is 15.1. The first kappa shape index (κ1) is 14.0. The molecule has 1 unspecified atom stereocenters. The molecule has 0 N–H and O–H groups in total. The molecule has 0 saturated carbocycles. The second-order valence-electron chi connectivity index (χ2n) is 5.97. The molecule has 22 heavy (non-hydrogen) atoms. The quantitative estimate of drug-likeness (QED) is 0.821. The Bertz CT molecular complexity index is 708. The van der Waals surface area contributed by atoms with Crippen molar-refractivity contribution in [2.45, 2.75) is 38.1 Å². The van der Waals surface area contributed by atoms with E-state index in [9.17, 15) is 4.79 Å². The molecule has 1 fully saturated rings. The number of hydrogen-bond acceptors (Lipinski definition) is 4. The van der Waals surface area contributed by atoms with Crippen LogP contribution in [0.2, 0.25) is 0 Å². The molecule has 1 aliphatic carbocycles. The number of carbonyl (C=O) groups excluding carboxylic acids is 1. The summed E-state index contributed by atoms with van der Waals surface area (Å²) in [4.78, 5) is 14.6. The minimum Gasteiger partial charge on any atom is -0.360 e. The van der Waals surface area contributed by atoms with Gasteiger partial charge in [-0.2, -0.15) is 5.10 Å². The first-order valence-electron chi connectivity index (χ1n) is 7.69. The van der Waals surface area contributed by atoms with E-state index in [2.05, 4.69) is 26.2 Å². The molecule has 2 aromatic heterocycles. The number of rotatable bonds is 2. The average molecular weight is 365 g/mol. The Labute approximate surface area is 136 Å². The number of aromatic nitrogens is 3. The van der Waals surface area contributed by atoms with Crippen LogP contribution in [0.5, 0.6) is 0 Å². The molecule has 6 nitrogen and oxygen atoms in total. The lowest BCUT2D eigenvalue weighted by Crippen LogP contribution is -2.30. The predicted molar refractivity (Wildman–Crippen MR) is 82.6 cm³/mol. The third-order valence-corrected chi connectivity index (χ3v) is 4.96. The highest BCUT2D eigenvalue weighted by molar-refractivity contribution is 9.10. The summed E-state index contributed by atoms with van der Waals surface area (Å²) in [5.41, 5.74) is 1.55. The molecule has 0 spiro atoms. The number of carbonyl (C=O) groups is 1. The maximum absolute atomic E-state index is 12.7. The van der Waals surface area contributed by atoms with Gasteiger partial charge in [-0.1, -0.05) is 5.16 Å². The van der Waals surface area contributed by atoms with Crippen molar-refractivity contribution in [1.82, 2.24) is 19.8 Å². The van der Waals surface area contributed by atoms with Crippen LogP contribution in [0.1, 0.15) is 47.1 Å². The molecule has 4 rings (SSSR count). The summed E-state index contributed by atoms with van der Waals surface area (Å²) in [6, 6.07) is 0.234. The molecular weight excluding hydrogens is 348 g/mol. The highest BCUT2D eigenvalue weighted by Gasteiger charge is 2.32. The molecular formula is C15H17BrN4O2. The molecule has 0 aromatic carbocycles. The van der Waals surface area contributed by atoms with Crippen molar-refractivity contribution >= 4 is 21.8 Å². The van der Waals surface area contributed by atoms with E-state index in [-0.39, 0.29) is 11.9 Å². The highest BCUT2D eigenvalue weighted by Crippen LogP contribution is 2.28. The summed E-state index contributed by atoms with van der Waals surface area (Å²) < 4.78 is 8.25. The fourth-order valence-electron chi connectivity index (χ4n) is 3.36. The van der Waals surface area contributed by atoms with Crippen molar-refractivity contribution in [3.63, 3.8) is 0 Å². The van der Waals surface area contributed by atoms with Crippen molar-refractivity contribution in [2.75, 3.05) is 13.1 Å². The van der Waals surface area contributed by atoms with Crippen molar-refractivity contribution < 1.29 is 9.32 Å². The number of hydrogen-bond donors (Lipinski definition) is 0. The van der Waals surface area contributed by atoms with Crippen molar-refractivity contribution in [2.24, 2.45) is 0 Å². The summed E-state index contributed by atoms with van der Waals surface area (Å²) in [5, 5.41) is 8.37. The van der Waals surface area contributed by atoms with E-state index in [0.717, 1.165) is 54.4 Å². The summed E-state index contributed by atoms with van der Waals surface area (Å²) in [6.07, 6.45) is 8.69. The fourth-order valence-corrected chi connectivity index (χ4v) is 3.66. The van der Waals surface area contributed by atoms with Crippen LogP contribution in [-0.2, 0) is 12.8 Å². The molecule has 0 radical (unpaired) electrons. The SMILES string of the molecule is O=C(c1noc2c1CCCC2)N1CCC(n2cc(Br)cn2)C1. The molecule has 2 aromatic rings. The molecule has 3 heterocycles. The van der Waals surface area contributed by atoms with Gasteiger partial charge in [0.15, 0.2) is 5.69 Å². The third-order valence-electron chi connectivity index (χ3n) is 4.55. The second-order valence-corrected chi connectivity index (χ2v) is 6.89. The van der Waals surface area contributed by atoms with Crippen LogP contribution < -0.4 is 0 Å². The molecule has 116 valence electrons. The van der Waals surface area contributed by atoms with Crippen LogP contribution in [0, 0.1) is 0 Å². The van der Waals surface area contributed by atoms with Gasteiger partial charge in [0, 0.05) is 31.3 Å². The molecule has 1 saturated heterocycles. The van der Waals surface area contributed by atoms with Gasteiger partial charge in [-0.25, -0.2) is 0 Å². The normalized spacial score (nSPS) is 21.1. The Balaban J connectivity index is 1.51. The lowest BCUT2D eigenvalue weighted by Gasteiger charge is -2.16. The van der Waals surface area contributed by atoms with Gasteiger partial charge < -0.3 is 9.42 Å². The van der Waals surface area contributed by atoms with Gasteiger partial charge in [0.2, 0.25) is 0 Å². The molecule has 1 atom stereocenters. The van der Waals surface area contributed by atoms with E-state index in [0.29, 0.717) is 12.2 Å². The lowest BCUT2D eigenvalue weighted by atomic mass is 9.96. The summed E-state index contributed by atoms with van der Waals surface area (Å²) in [6.45, 7) is 1.41. The number of amides is 1. The number of fused-ring (bicyclic) bond motifs is 1. The molecule has 1 aliphatic heterocycles. The second kappa shape index (κ2) is 5.53. The van der Waals surface area contributed by atoms with Crippen molar-refractivity contribution in [3.8, 4) is 0 Å².